The van der Waals surface area contributed by atoms with Gasteiger partial charge in [0, 0.05) is 24.9 Å². The molecule has 1 fully saturated rings. The summed E-state index contributed by atoms with van der Waals surface area (Å²) in [6.07, 6.45) is 1.59. The lowest BCUT2D eigenvalue weighted by atomic mass is 10.2. The smallest absolute Gasteiger partial charge is 0.322 e. The van der Waals surface area contributed by atoms with Crippen LogP contribution in [-0.4, -0.2) is 47.8 Å². The van der Waals surface area contributed by atoms with Gasteiger partial charge in [0.15, 0.2) is 5.82 Å². The average Bonchev–Trinajstić information content (AvgIpc) is 3.26. The number of aryl methyl sites for hydroxylation is 1. The first kappa shape index (κ1) is 18.8. The molecule has 1 aliphatic rings. The summed E-state index contributed by atoms with van der Waals surface area (Å²) in [5.74, 6) is -0.0428. The topological polar surface area (TPSA) is 96.7 Å². The monoisotopic (exact) mass is 376 g/mol. The van der Waals surface area contributed by atoms with Crippen molar-refractivity contribution in [2.45, 2.75) is 25.9 Å². The highest BCUT2D eigenvalue weighted by atomic mass is 19.1. The Morgan fingerprint density at radius 2 is 2.19 bits per heavy atom. The molecule has 3 amide bonds. The van der Waals surface area contributed by atoms with Gasteiger partial charge in [-0.25, -0.2) is 9.18 Å². The van der Waals surface area contributed by atoms with Crippen LogP contribution in [0.5, 0.6) is 0 Å². The summed E-state index contributed by atoms with van der Waals surface area (Å²) in [6.45, 7) is 2.40. The number of hydrogen-bond donors (Lipinski definition) is 2. The Hall–Kier alpha value is -2.94. The molecule has 0 spiro atoms. The lowest BCUT2D eigenvalue weighted by Crippen LogP contribution is -2.44. The van der Waals surface area contributed by atoms with Gasteiger partial charge in [0.2, 0.25) is 5.91 Å². The van der Waals surface area contributed by atoms with E-state index in [2.05, 4.69) is 15.8 Å². The van der Waals surface area contributed by atoms with E-state index in [1.54, 1.807) is 19.1 Å². The number of carbonyl (C=O) groups is 2. The van der Waals surface area contributed by atoms with Gasteiger partial charge in [-0.05, 0) is 38.0 Å². The molecule has 0 radical (unpaired) electrons. The number of carbonyl (C=O) groups excluding carboxylic acids is 2. The second-order valence-corrected chi connectivity index (χ2v) is 6.33. The predicted molar refractivity (Wildman–Crippen MR) is 95.8 cm³/mol. The fourth-order valence-electron chi connectivity index (χ4n) is 2.80. The summed E-state index contributed by atoms with van der Waals surface area (Å²) in [4.78, 5) is 26.3. The van der Waals surface area contributed by atoms with E-state index in [4.69, 9.17) is 9.26 Å². The number of hydrogen-bond acceptors (Lipinski definition) is 5. The molecule has 144 valence electrons. The maximum atomic E-state index is 13.3. The molecule has 9 heteroatoms. The first-order chi connectivity index (χ1) is 13.0. The average molecular weight is 376 g/mol. The highest BCUT2D eigenvalue weighted by Gasteiger charge is 2.25. The number of urea groups is 1. The second-order valence-electron chi connectivity index (χ2n) is 6.33. The third-order valence-electron chi connectivity index (χ3n) is 4.04. The van der Waals surface area contributed by atoms with Crippen molar-refractivity contribution >= 4 is 23.4 Å². The molecule has 1 atom stereocenters. The number of aromatic nitrogens is 1. The second kappa shape index (κ2) is 8.63. The number of benzene rings is 1. The number of amides is 3. The molecule has 1 aliphatic heterocycles. The van der Waals surface area contributed by atoms with Crippen LogP contribution in [0.25, 0.3) is 0 Å². The number of rotatable bonds is 6. The van der Waals surface area contributed by atoms with Crippen LogP contribution in [0.2, 0.25) is 0 Å². The third kappa shape index (κ3) is 5.52. The van der Waals surface area contributed by atoms with Crippen molar-refractivity contribution in [2.75, 3.05) is 30.3 Å². The number of anilines is 2. The Morgan fingerprint density at radius 3 is 2.85 bits per heavy atom. The van der Waals surface area contributed by atoms with Crippen molar-refractivity contribution < 1.29 is 23.2 Å². The molecule has 2 N–H and O–H groups in total. The fraction of sp³-hybridized carbons (Fsp3) is 0.389. The van der Waals surface area contributed by atoms with E-state index in [0.717, 1.165) is 12.8 Å². The van der Waals surface area contributed by atoms with Crippen molar-refractivity contribution in [1.82, 2.24) is 10.1 Å². The first-order valence-electron chi connectivity index (χ1n) is 8.66. The van der Waals surface area contributed by atoms with Crippen LogP contribution < -0.4 is 10.6 Å². The minimum atomic E-state index is -0.511. The van der Waals surface area contributed by atoms with E-state index in [1.807, 2.05) is 0 Å². The van der Waals surface area contributed by atoms with Gasteiger partial charge in [0.1, 0.15) is 18.1 Å². The summed E-state index contributed by atoms with van der Waals surface area (Å²) in [5.41, 5.74) is 0.310. The van der Waals surface area contributed by atoms with E-state index in [1.165, 1.54) is 23.1 Å². The van der Waals surface area contributed by atoms with Gasteiger partial charge in [-0.3, -0.25) is 4.79 Å². The molecule has 0 saturated carbocycles. The van der Waals surface area contributed by atoms with Crippen LogP contribution in [0.1, 0.15) is 18.6 Å². The van der Waals surface area contributed by atoms with Gasteiger partial charge in [-0.15, -0.1) is 0 Å². The number of halogens is 1. The molecule has 8 nitrogen and oxygen atoms in total. The Morgan fingerprint density at radius 1 is 1.33 bits per heavy atom. The Bertz CT molecular complexity index is 804. The largest absolute Gasteiger partial charge is 0.376 e. The summed E-state index contributed by atoms with van der Waals surface area (Å²) in [7, 11) is 0. The zero-order chi connectivity index (χ0) is 19.2. The minimum Gasteiger partial charge on any atom is -0.376 e. The molecule has 2 heterocycles. The van der Waals surface area contributed by atoms with Gasteiger partial charge < -0.3 is 24.8 Å². The molecule has 0 bridgehead atoms. The lowest BCUT2D eigenvalue weighted by Gasteiger charge is -2.25. The van der Waals surface area contributed by atoms with Crippen molar-refractivity contribution in [2.24, 2.45) is 0 Å². The molecule has 3 rings (SSSR count). The molecule has 27 heavy (non-hydrogen) atoms. The SMILES string of the molecule is Cc1cc(NC(=O)CN(CC2CCCO2)C(=O)Nc2cccc(F)c2)no1. The maximum absolute atomic E-state index is 13.3. The zero-order valence-corrected chi connectivity index (χ0v) is 14.9. The molecule has 1 saturated heterocycles. The van der Waals surface area contributed by atoms with Crippen molar-refractivity contribution in [3.05, 3.63) is 41.9 Å². The Labute approximate surface area is 155 Å². The van der Waals surface area contributed by atoms with E-state index in [0.29, 0.717) is 18.1 Å². The summed E-state index contributed by atoms with van der Waals surface area (Å²) in [5, 5.41) is 8.88. The molecular weight excluding hydrogens is 355 g/mol. The van der Waals surface area contributed by atoms with Gasteiger partial charge >= 0.3 is 6.03 Å². The van der Waals surface area contributed by atoms with Crippen molar-refractivity contribution in [3.8, 4) is 0 Å². The standard InChI is InChI=1S/C18H21FN4O4/c1-12-8-16(22-27-12)21-17(24)11-23(10-15-6-3-7-26-15)18(25)20-14-5-2-4-13(19)9-14/h2,4-5,8-9,15H,3,6-7,10-11H2,1H3,(H,20,25)(H,21,22,24). The maximum Gasteiger partial charge on any atom is 0.322 e. The van der Waals surface area contributed by atoms with Gasteiger partial charge in [0.25, 0.3) is 0 Å². The van der Waals surface area contributed by atoms with Crippen LogP contribution in [0, 0.1) is 12.7 Å². The van der Waals surface area contributed by atoms with Crippen LogP contribution in [0.4, 0.5) is 20.7 Å². The summed E-state index contributed by atoms with van der Waals surface area (Å²) < 4.78 is 23.8. The van der Waals surface area contributed by atoms with E-state index in [9.17, 15) is 14.0 Å². The molecular formula is C18H21FN4O4. The molecule has 1 aromatic heterocycles. The van der Waals surface area contributed by atoms with Gasteiger partial charge in [-0.1, -0.05) is 11.2 Å². The molecule has 1 unspecified atom stereocenters. The van der Waals surface area contributed by atoms with Crippen LogP contribution >= 0.6 is 0 Å². The van der Waals surface area contributed by atoms with E-state index >= 15 is 0 Å². The predicted octanol–water partition coefficient (Wildman–Crippen LogP) is 2.77. The highest BCUT2D eigenvalue weighted by molar-refractivity contribution is 5.96. The summed E-state index contributed by atoms with van der Waals surface area (Å²) in [6, 6.07) is 6.63. The Kier molecular flexibility index (Phi) is 6.02. The molecule has 0 aliphatic carbocycles. The highest BCUT2D eigenvalue weighted by Crippen LogP contribution is 2.16. The Balaban J connectivity index is 1.65. The van der Waals surface area contributed by atoms with E-state index < -0.39 is 17.8 Å². The zero-order valence-electron chi connectivity index (χ0n) is 14.9. The van der Waals surface area contributed by atoms with Crippen LogP contribution in [-0.2, 0) is 9.53 Å². The fourth-order valence-corrected chi connectivity index (χ4v) is 2.80. The quantitative estimate of drug-likeness (QED) is 0.808. The van der Waals surface area contributed by atoms with Crippen LogP contribution in [0.3, 0.4) is 0 Å². The first-order valence-corrected chi connectivity index (χ1v) is 8.66. The molecule has 2 aromatic rings. The van der Waals surface area contributed by atoms with Crippen molar-refractivity contribution in [3.63, 3.8) is 0 Å². The summed E-state index contributed by atoms with van der Waals surface area (Å²) >= 11 is 0. The molecule has 1 aromatic carbocycles. The van der Waals surface area contributed by atoms with E-state index in [-0.39, 0.29) is 25.0 Å². The van der Waals surface area contributed by atoms with Crippen LogP contribution in [0.15, 0.2) is 34.9 Å². The number of nitrogens with zero attached hydrogens (tertiary/aromatic N) is 2. The van der Waals surface area contributed by atoms with Gasteiger partial charge in [-0.2, -0.15) is 0 Å². The van der Waals surface area contributed by atoms with Gasteiger partial charge in [0.05, 0.1) is 6.10 Å². The van der Waals surface area contributed by atoms with Crippen molar-refractivity contribution in [1.29, 1.82) is 0 Å². The normalized spacial score (nSPS) is 16.1. The number of nitrogens with one attached hydrogen (secondary N) is 2. The number of ether oxygens (including phenoxy) is 1. The lowest BCUT2D eigenvalue weighted by molar-refractivity contribution is -0.117. The minimum absolute atomic E-state index is 0.134. The third-order valence-corrected chi connectivity index (χ3v) is 4.04.